The van der Waals surface area contributed by atoms with Crippen LogP contribution in [-0.4, -0.2) is 19.5 Å². The fourth-order valence-electron chi connectivity index (χ4n) is 2.65. The molecule has 108 valence electrons. The lowest BCUT2D eigenvalue weighted by Gasteiger charge is -2.19. The summed E-state index contributed by atoms with van der Waals surface area (Å²) in [6.45, 7) is 1.80. The predicted octanol–water partition coefficient (Wildman–Crippen LogP) is 1.72. The minimum absolute atomic E-state index is 0.446. The smallest absolute Gasteiger partial charge is 0.301 e. The largest absolute Gasteiger partial charge is 0.332 e. The van der Waals surface area contributed by atoms with Gasteiger partial charge in [0.25, 0.3) is 5.43 Å². The molecule has 0 aliphatic heterocycles. The first-order valence-corrected chi connectivity index (χ1v) is 6.80. The molecule has 2 heterocycles. The number of nitrogens with zero attached hydrogens (tertiary/aromatic N) is 4. The van der Waals surface area contributed by atoms with Crippen molar-refractivity contribution in [3.8, 4) is 5.82 Å². The Morgan fingerprint density at radius 3 is 2.81 bits per heavy atom. The zero-order valence-electron chi connectivity index (χ0n) is 11.6. The Morgan fingerprint density at radius 2 is 2.05 bits per heavy atom. The molecule has 0 bridgehead atoms. The van der Waals surface area contributed by atoms with Crippen molar-refractivity contribution in [2.45, 2.75) is 32.6 Å². The van der Waals surface area contributed by atoms with Crippen LogP contribution in [0.5, 0.6) is 0 Å². The van der Waals surface area contributed by atoms with Gasteiger partial charge < -0.3 is 4.57 Å². The van der Waals surface area contributed by atoms with Gasteiger partial charge in [-0.25, -0.2) is 9.97 Å². The fourth-order valence-corrected chi connectivity index (χ4v) is 2.65. The van der Waals surface area contributed by atoms with Crippen LogP contribution < -0.4 is 5.43 Å². The zero-order valence-corrected chi connectivity index (χ0v) is 11.6. The Labute approximate surface area is 120 Å². The van der Waals surface area contributed by atoms with Crippen LogP contribution in [0.4, 0.5) is 5.69 Å². The number of hydrogen-bond acceptors (Lipinski definition) is 5. The summed E-state index contributed by atoms with van der Waals surface area (Å²) in [4.78, 5) is 30.6. The Balaban J connectivity index is 2.21. The minimum Gasteiger partial charge on any atom is -0.301 e. The molecule has 0 N–H and O–H groups in total. The van der Waals surface area contributed by atoms with Gasteiger partial charge >= 0.3 is 5.69 Å². The highest BCUT2D eigenvalue weighted by Crippen LogP contribution is 2.24. The van der Waals surface area contributed by atoms with Crippen molar-refractivity contribution in [1.29, 1.82) is 0 Å². The molecule has 0 saturated heterocycles. The number of fused-ring (bicyclic) bond motifs is 1. The third kappa shape index (κ3) is 2.42. The van der Waals surface area contributed by atoms with Crippen molar-refractivity contribution >= 4 is 5.69 Å². The average molecular weight is 286 g/mol. The van der Waals surface area contributed by atoms with Gasteiger partial charge in [-0.05, 0) is 32.6 Å². The van der Waals surface area contributed by atoms with E-state index >= 15 is 0 Å². The molecule has 2 aromatic heterocycles. The number of aryl methyl sites for hydroxylation is 2. The molecule has 7 nitrogen and oxygen atoms in total. The molecule has 0 radical (unpaired) electrons. The normalized spacial score (nSPS) is 13.8. The minimum atomic E-state index is -0.667. The van der Waals surface area contributed by atoms with Crippen LogP contribution in [-0.2, 0) is 12.8 Å². The van der Waals surface area contributed by atoms with Gasteiger partial charge in [-0.15, -0.1) is 0 Å². The van der Waals surface area contributed by atoms with E-state index in [0.29, 0.717) is 11.6 Å². The summed E-state index contributed by atoms with van der Waals surface area (Å²) in [5.41, 5.74) is 0.976. The Hall–Kier alpha value is -2.57. The van der Waals surface area contributed by atoms with Crippen molar-refractivity contribution in [1.82, 2.24) is 14.5 Å². The summed E-state index contributed by atoms with van der Waals surface area (Å²) in [5, 5.41) is 10.9. The molecular weight excluding hydrogens is 272 g/mol. The maximum absolute atomic E-state index is 11.5. The van der Waals surface area contributed by atoms with Gasteiger partial charge in [0.05, 0.1) is 11.1 Å². The van der Waals surface area contributed by atoms with Crippen LogP contribution >= 0.6 is 0 Å². The van der Waals surface area contributed by atoms with Gasteiger partial charge in [0.1, 0.15) is 11.6 Å². The van der Waals surface area contributed by atoms with Crippen LogP contribution in [0.25, 0.3) is 5.82 Å². The summed E-state index contributed by atoms with van der Waals surface area (Å²) in [6.07, 6.45) is 6.64. The number of rotatable bonds is 2. The predicted molar refractivity (Wildman–Crippen MR) is 75.7 cm³/mol. The van der Waals surface area contributed by atoms with Crippen molar-refractivity contribution in [2.75, 3.05) is 0 Å². The lowest BCUT2D eigenvalue weighted by atomic mass is 9.96. The summed E-state index contributed by atoms with van der Waals surface area (Å²) < 4.78 is 1.55. The van der Waals surface area contributed by atoms with Crippen molar-refractivity contribution in [2.24, 2.45) is 0 Å². The van der Waals surface area contributed by atoms with Crippen LogP contribution in [0.1, 0.15) is 29.9 Å². The molecule has 1 aliphatic carbocycles. The van der Waals surface area contributed by atoms with Crippen LogP contribution in [0, 0.1) is 17.0 Å². The van der Waals surface area contributed by atoms with E-state index in [-0.39, 0.29) is 0 Å². The van der Waals surface area contributed by atoms with E-state index in [0.717, 1.165) is 36.9 Å². The quantitative estimate of drug-likeness (QED) is 0.619. The van der Waals surface area contributed by atoms with E-state index in [1.807, 2.05) is 0 Å². The molecule has 2 aromatic rings. The molecule has 0 amide bonds. The molecule has 0 unspecified atom stereocenters. The first-order valence-electron chi connectivity index (χ1n) is 6.80. The van der Waals surface area contributed by atoms with Crippen molar-refractivity contribution in [3.05, 3.63) is 55.9 Å². The van der Waals surface area contributed by atoms with Gasteiger partial charge in [-0.1, -0.05) is 0 Å². The van der Waals surface area contributed by atoms with E-state index in [1.165, 1.54) is 18.5 Å². The molecule has 21 heavy (non-hydrogen) atoms. The third-order valence-electron chi connectivity index (χ3n) is 3.61. The molecule has 0 aromatic carbocycles. The Bertz CT molecular complexity index is 782. The fraction of sp³-hybridized carbons (Fsp3) is 0.357. The number of aromatic nitrogens is 3. The van der Waals surface area contributed by atoms with Gasteiger partial charge in [0.2, 0.25) is 0 Å². The molecule has 0 spiro atoms. The highest BCUT2D eigenvalue weighted by Gasteiger charge is 2.19. The lowest BCUT2D eigenvalue weighted by Crippen LogP contribution is -2.16. The van der Waals surface area contributed by atoms with E-state index < -0.39 is 16.0 Å². The summed E-state index contributed by atoms with van der Waals surface area (Å²) in [5.74, 6) is 1.27. The van der Waals surface area contributed by atoms with Gasteiger partial charge in [-0.3, -0.25) is 14.9 Å². The van der Waals surface area contributed by atoms with E-state index in [2.05, 4.69) is 9.97 Å². The Kier molecular flexibility index (Phi) is 3.25. The van der Waals surface area contributed by atoms with Crippen LogP contribution in [0.3, 0.4) is 0 Å². The van der Waals surface area contributed by atoms with Gasteiger partial charge in [0.15, 0.2) is 0 Å². The van der Waals surface area contributed by atoms with Crippen molar-refractivity contribution in [3.63, 3.8) is 0 Å². The summed E-state index contributed by atoms with van der Waals surface area (Å²) in [7, 11) is 0. The lowest BCUT2D eigenvalue weighted by molar-refractivity contribution is -0.386. The van der Waals surface area contributed by atoms with Gasteiger partial charge in [0, 0.05) is 23.5 Å². The second-order valence-electron chi connectivity index (χ2n) is 5.09. The number of pyridine rings is 1. The van der Waals surface area contributed by atoms with Gasteiger partial charge in [-0.2, -0.15) is 0 Å². The highest BCUT2D eigenvalue weighted by molar-refractivity contribution is 5.41. The average Bonchev–Trinajstić information content (AvgIpc) is 2.46. The van der Waals surface area contributed by atoms with E-state index in [4.69, 9.17) is 0 Å². The number of nitro groups is 1. The topological polar surface area (TPSA) is 90.9 Å². The zero-order chi connectivity index (χ0) is 15.0. The molecule has 0 atom stereocenters. The maximum atomic E-state index is 11.5. The van der Waals surface area contributed by atoms with Crippen LogP contribution in [0.15, 0.2) is 23.3 Å². The monoisotopic (exact) mass is 286 g/mol. The molecule has 0 saturated carbocycles. The Morgan fingerprint density at radius 1 is 1.29 bits per heavy atom. The SMILES string of the molecule is Cc1nc2c(c(-n3ccc(=O)c([N+](=O)[O-])c3)n1)CCCC2. The summed E-state index contributed by atoms with van der Waals surface area (Å²) >= 11 is 0. The molecule has 3 rings (SSSR count). The standard InChI is InChI=1S/C14H14N4O3/c1-9-15-11-5-3-2-4-10(11)14(16-9)17-7-6-13(19)12(8-17)18(20)21/h6-8H,2-5H2,1H3. The molecule has 7 heteroatoms. The van der Waals surface area contributed by atoms with Crippen LogP contribution in [0.2, 0.25) is 0 Å². The molecule has 0 fully saturated rings. The summed E-state index contributed by atoms with van der Waals surface area (Å²) in [6, 6.07) is 1.20. The first kappa shape index (κ1) is 13.4. The molecule has 1 aliphatic rings. The maximum Gasteiger partial charge on any atom is 0.332 e. The molecular formula is C14H14N4O3. The second kappa shape index (κ2) is 5.08. The van der Waals surface area contributed by atoms with E-state index in [9.17, 15) is 14.9 Å². The number of hydrogen-bond donors (Lipinski definition) is 0. The van der Waals surface area contributed by atoms with E-state index in [1.54, 1.807) is 11.5 Å². The van der Waals surface area contributed by atoms with Crippen molar-refractivity contribution < 1.29 is 4.92 Å². The highest BCUT2D eigenvalue weighted by atomic mass is 16.6. The third-order valence-corrected chi connectivity index (χ3v) is 3.61. The second-order valence-corrected chi connectivity index (χ2v) is 5.09. The first-order chi connectivity index (χ1) is 10.1.